The first-order valence-corrected chi connectivity index (χ1v) is 12.7. The Morgan fingerprint density at radius 1 is 0.941 bits per heavy atom. The Labute approximate surface area is 121 Å². The van der Waals surface area contributed by atoms with E-state index in [1.807, 2.05) is 0 Å². The molecule has 1 rings (SSSR count). The van der Waals surface area contributed by atoms with Gasteiger partial charge in [0, 0.05) is 0 Å². The molecule has 2 heteroatoms. The summed E-state index contributed by atoms with van der Waals surface area (Å²) < 4.78 is 9.08. The zero-order valence-corrected chi connectivity index (χ0v) is 14.7. The molecule has 17 heavy (non-hydrogen) atoms. The van der Waals surface area contributed by atoms with Crippen LogP contribution >= 0.6 is 0 Å². The molecule has 0 atom stereocenters. The number of hydrogen-bond acceptors (Lipinski definition) is 1. The van der Waals surface area contributed by atoms with Gasteiger partial charge in [-0.1, -0.05) is 0 Å². The normalized spacial score (nSPS) is 10.3. The molecule has 0 unspecified atom stereocenters. The van der Waals surface area contributed by atoms with Gasteiger partial charge in [-0.3, -0.25) is 0 Å². The van der Waals surface area contributed by atoms with Gasteiger partial charge in [-0.2, -0.15) is 0 Å². The van der Waals surface area contributed by atoms with E-state index in [9.17, 15) is 0 Å². The third-order valence-electron chi connectivity index (χ3n) is 2.90. The second-order valence-electron chi connectivity index (χ2n) is 4.66. The van der Waals surface area contributed by atoms with Crippen LogP contribution in [0.2, 0.25) is 4.14 Å². The Morgan fingerprint density at radius 3 is 1.94 bits per heavy atom. The van der Waals surface area contributed by atoms with E-state index in [1.165, 1.54) is 35.4 Å². The summed E-state index contributed by atoms with van der Waals surface area (Å²) in [4.78, 5) is 0. The van der Waals surface area contributed by atoms with Crippen molar-refractivity contribution in [2.45, 2.75) is 50.6 Å². The first kappa shape index (κ1) is 15.4. The van der Waals surface area contributed by atoms with E-state index in [0.29, 0.717) is 0 Å². The van der Waals surface area contributed by atoms with Crippen LogP contribution in [0.4, 0.5) is 0 Å². The van der Waals surface area contributed by atoms with Crippen LogP contribution in [-0.4, -0.2) is 0 Å². The van der Waals surface area contributed by atoms with Crippen molar-refractivity contribution in [1.29, 1.82) is 0 Å². The van der Waals surface area contributed by atoms with Gasteiger partial charge in [-0.25, -0.2) is 0 Å². The van der Waals surface area contributed by atoms with Gasteiger partial charge < -0.3 is 0 Å². The van der Waals surface area contributed by atoms with Crippen molar-refractivity contribution in [2.75, 3.05) is 0 Å². The second-order valence-corrected chi connectivity index (χ2v) is 12.0. The van der Waals surface area contributed by atoms with Gasteiger partial charge in [0.25, 0.3) is 0 Å². The molecule has 0 radical (unpaired) electrons. The number of unbranched alkanes of at least 4 members (excludes halogenated alkanes) is 2. The zero-order valence-electron chi connectivity index (χ0n) is 11.5. The summed E-state index contributed by atoms with van der Waals surface area (Å²) in [7, 11) is 0. The zero-order chi connectivity index (χ0) is 12.5. The summed E-state index contributed by atoms with van der Waals surface area (Å²) in [6.45, 7) is 6.67. The van der Waals surface area contributed by atoms with Crippen LogP contribution in [0.3, 0.4) is 0 Å². The van der Waals surface area contributed by atoms with Gasteiger partial charge in [0.05, 0.1) is 0 Å². The Morgan fingerprint density at radius 2 is 1.47 bits per heavy atom. The van der Waals surface area contributed by atoms with Crippen molar-refractivity contribution < 1.29 is 36.3 Å². The van der Waals surface area contributed by atoms with E-state index in [0.717, 1.165) is 5.75 Å². The van der Waals surface area contributed by atoms with E-state index in [1.54, 1.807) is 0 Å². The maximum atomic E-state index is 6.29. The minimum absolute atomic E-state index is 1.12. The van der Waals surface area contributed by atoms with Crippen molar-refractivity contribution in [3.63, 3.8) is 0 Å². The minimum atomic E-state index is -1.76. The van der Waals surface area contributed by atoms with Crippen LogP contribution in [0, 0.1) is 42.2 Å². The molecule has 0 aliphatic heterocycles. The summed E-state index contributed by atoms with van der Waals surface area (Å²) >= 11 is -1.76. The number of benzene rings is 1. The molecule has 0 spiro atoms. The third-order valence-corrected chi connectivity index (χ3v) is 10.4. The van der Waals surface area contributed by atoms with Crippen LogP contribution in [0.5, 0.6) is 5.75 Å². The van der Waals surface area contributed by atoms with E-state index in [2.05, 4.69) is 45.0 Å². The van der Waals surface area contributed by atoms with Crippen LogP contribution in [-0.2, 0) is 0 Å². The maximum absolute atomic E-state index is 6.29. The average molecular weight is 366 g/mol. The van der Waals surface area contributed by atoms with Gasteiger partial charge in [0.2, 0.25) is 0 Å². The molecule has 0 aliphatic rings. The van der Waals surface area contributed by atoms with Crippen molar-refractivity contribution >= 4 is 0 Å². The molecule has 1 aromatic carbocycles. The summed E-state index contributed by atoms with van der Waals surface area (Å²) in [5.41, 5.74) is 1.31. The molecule has 0 heterocycles. The standard InChI is InChI=1S/C7H8O.2C4H9.Nd/c1-6-2-4-7(8)5-3-6;2*1-3-4-2;/h2-5,8H,1H3;2*1,3-4H2,2H3;/q;;;+1/p-1. The number of aryl methyl sites for hydroxylation is 1. The fraction of sp³-hybridized carbons (Fsp3) is 0.600. The third kappa shape index (κ3) is 6.76. The van der Waals surface area contributed by atoms with Gasteiger partial charge in [0.1, 0.15) is 0 Å². The topological polar surface area (TPSA) is 9.23 Å². The van der Waals surface area contributed by atoms with Gasteiger partial charge >= 0.3 is 122 Å². The molecule has 0 saturated carbocycles. The summed E-state index contributed by atoms with van der Waals surface area (Å²) in [5.74, 6) is 1.12. The fourth-order valence-corrected chi connectivity index (χ4v) is 9.51. The monoisotopic (exact) mass is 363 g/mol. The number of rotatable bonds is 8. The first-order chi connectivity index (χ1) is 8.26. The van der Waals surface area contributed by atoms with Crippen molar-refractivity contribution in [1.82, 2.24) is 0 Å². The Kier molecular flexibility index (Phi) is 8.46. The molecule has 1 nitrogen and oxygen atoms in total. The predicted octanol–water partition coefficient (Wildman–Crippen LogP) is 5.35. The first-order valence-electron chi connectivity index (χ1n) is 6.85. The Bertz CT molecular complexity index is 286. The van der Waals surface area contributed by atoms with Crippen LogP contribution in [0.25, 0.3) is 0 Å². The fourth-order valence-electron chi connectivity index (χ4n) is 1.75. The van der Waals surface area contributed by atoms with Gasteiger partial charge in [0.15, 0.2) is 0 Å². The molecule has 0 aliphatic carbocycles. The van der Waals surface area contributed by atoms with Crippen molar-refractivity contribution in [3.8, 4) is 5.75 Å². The molecule has 0 fully saturated rings. The molecule has 0 bridgehead atoms. The summed E-state index contributed by atoms with van der Waals surface area (Å²) in [6.07, 6.45) is 5.32. The molecule has 0 N–H and O–H groups in total. The summed E-state index contributed by atoms with van der Waals surface area (Å²) in [6, 6.07) is 8.58. The van der Waals surface area contributed by atoms with Crippen molar-refractivity contribution in [3.05, 3.63) is 29.8 Å². The Balaban J connectivity index is 2.48. The average Bonchev–Trinajstić information content (AvgIpc) is 2.35. The summed E-state index contributed by atoms with van der Waals surface area (Å²) in [5, 5.41) is 0. The SMILES string of the molecule is CCC[CH2][Nd]([CH2]CCC)[O]c1ccc(C)cc1. The molecular weight excluding hydrogens is 340 g/mol. The van der Waals surface area contributed by atoms with E-state index < -0.39 is 35.2 Å². The van der Waals surface area contributed by atoms with E-state index in [-0.39, 0.29) is 0 Å². The molecule has 0 amide bonds. The molecule has 0 aromatic heterocycles. The molecular formula is C15H25NdO. The van der Waals surface area contributed by atoms with E-state index in [4.69, 9.17) is 1.06 Å². The van der Waals surface area contributed by atoms with Crippen LogP contribution in [0.15, 0.2) is 24.3 Å². The molecule has 95 valence electrons. The van der Waals surface area contributed by atoms with Gasteiger partial charge in [-0.15, -0.1) is 0 Å². The van der Waals surface area contributed by atoms with Crippen LogP contribution in [0.1, 0.15) is 45.1 Å². The molecule has 0 saturated heterocycles. The van der Waals surface area contributed by atoms with E-state index >= 15 is 0 Å². The predicted molar refractivity (Wildman–Crippen MR) is 71.2 cm³/mol. The van der Waals surface area contributed by atoms with Crippen molar-refractivity contribution in [2.24, 2.45) is 0 Å². The number of hydrogen-bond donors (Lipinski definition) is 0. The quantitative estimate of drug-likeness (QED) is 0.604. The van der Waals surface area contributed by atoms with Gasteiger partial charge in [-0.05, 0) is 0 Å². The van der Waals surface area contributed by atoms with Crippen LogP contribution < -0.4 is 1.06 Å². The Hall–Kier alpha value is 0.371. The second kappa shape index (κ2) is 9.32. The molecule has 1 aromatic rings.